The van der Waals surface area contributed by atoms with Crippen LogP contribution >= 0.6 is 0 Å². The number of unbranched alkanes of at least 4 members (excludes halogenated alkanes) is 4. The summed E-state index contributed by atoms with van der Waals surface area (Å²) in [5.41, 5.74) is 0. The van der Waals surface area contributed by atoms with Gasteiger partial charge in [-0.15, -0.1) is 0 Å². The van der Waals surface area contributed by atoms with Crippen LogP contribution in [-0.2, 0) is 9.53 Å². The molecule has 1 N–H and O–H groups in total. The van der Waals surface area contributed by atoms with Crippen molar-refractivity contribution in [3.63, 3.8) is 0 Å². The molecule has 0 bridgehead atoms. The summed E-state index contributed by atoms with van der Waals surface area (Å²) in [5, 5.41) is 3.28. The minimum Gasteiger partial charge on any atom is -0.374 e. The van der Waals surface area contributed by atoms with E-state index in [0.29, 0.717) is 13.0 Å². The second kappa shape index (κ2) is 9.34. The molecule has 4 nitrogen and oxygen atoms in total. The smallest absolute Gasteiger partial charge is 0.222 e. The molecule has 1 fully saturated rings. The summed E-state index contributed by atoms with van der Waals surface area (Å²) in [6, 6.07) is 0. The molecule has 1 aliphatic rings. The van der Waals surface area contributed by atoms with Crippen LogP contribution in [-0.4, -0.2) is 50.2 Å². The number of carbonyl (C=O) groups excluding carboxylic acids is 1. The quantitative estimate of drug-likeness (QED) is 0.673. The Bertz CT molecular complexity index is 228. The van der Waals surface area contributed by atoms with E-state index in [-0.39, 0.29) is 12.0 Å². The lowest BCUT2D eigenvalue weighted by Gasteiger charge is -2.28. The van der Waals surface area contributed by atoms with E-state index in [1.165, 1.54) is 25.7 Å². The molecule has 106 valence electrons. The summed E-state index contributed by atoms with van der Waals surface area (Å²) in [5.74, 6) is 0.251. The second-order valence-electron chi connectivity index (χ2n) is 5.14. The van der Waals surface area contributed by atoms with Gasteiger partial charge in [0.05, 0.1) is 12.7 Å². The Kier molecular flexibility index (Phi) is 8.01. The van der Waals surface area contributed by atoms with Crippen molar-refractivity contribution < 1.29 is 9.53 Å². The zero-order valence-corrected chi connectivity index (χ0v) is 11.9. The van der Waals surface area contributed by atoms with Crippen molar-refractivity contribution in [2.24, 2.45) is 0 Å². The number of likely N-dealkylation sites (N-methyl/N-ethyl adjacent to an activating group) is 1. The van der Waals surface area contributed by atoms with Gasteiger partial charge in [-0.2, -0.15) is 0 Å². The van der Waals surface area contributed by atoms with Crippen LogP contribution in [0.25, 0.3) is 0 Å². The van der Waals surface area contributed by atoms with Crippen LogP contribution in [0, 0.1) is 0 Å². The summed E-state index contributed by atoms with van der Waals surface area (Å²) >= 11 is 0. The van der Waals surface area contributed by atoms with Gasteiger partial charge in [-0.05, 0) is 6.42 Å². The highest BCUT2D eigenvalue weighted by atomic mass is 16.5. The monoisotopic (exact) mass is 256 g/mol. The predicted octanol–water partition coefficient (Wildman–Crippen LogP) is 1.79. The minimum absolute atomic E-state index is 0.160. The van der Waals surface area contributed by atoms with Crippen LogP contribution in [0.4, 0.5) is 0 Å². The molecule has 4 heteroatoms. The topological polar surface area (TPSA) is 41.6 Å². The van der Waals surface area contributed by atoms with Gasteiger partial charge in [0, 0.05) is 33.1 Å². The minimum atomic E-state index is 0.160. The Morgan fingerprint density at radius 1 is 1.33 bits per heavy atom. The Labute approximate surface area is 111 Å². The van der Waals surface area contributed by atoms with Crippen LogP contribution in [0.15, 0.2) is 0 Å². The van der Waals surface area contributed by atoms with Gasteiger partial charge in [-0.25, -0.2) is 0 Å². The van der Waals surface area contributed by atoms with E-state index in [1.807, 2.05) is 11.9 Å². The van der Waals surface area contributed by atoms with E-state index < -0.39 is 0 Å². The van der Waals surface area contributed by atoms with Crippen molar-refractivity contribution in [2.45, 2.75) is 51.6 Å². The van der Waals surface area contributed by atoms with Crippen molar-refractivity contribution in [1.29, 1.82) is 0 Å². The molecular formula is C14H28N2O2. The lowest BCUT2D eigenvalue weighted by Crippen LogP contribution is -2.45. The van der Waals surface area contributed by atoms with Gasteiger partial charge in [-0.1, -0.05) is 32.6 Å². The second-order valence-corrected chi connectivity index (χ2v) is 5.14. The number of ether oxygens (including phenoxy) is 1. The number of nitrogens with one attached hydrogen (secondary N) is 1. The number of carbonyl (C=O) groups is 1. The zero-order chi connectivity index (χ0) is 13.2. The Balaban J connectivity index is 2.08. The number of morpholine rings is 1. The maximum Gasteiger partial charge on any atom is 0.222 e. The van der Waals surface area contributed by atoms with E-state index >= 15 is 0 Å². The zero-order valence-electron chi connectivity index (χ0n) is 11.9. The standard InChI is InChI=1S/C14H28N2O2/c1-3-4-5-6-7-8-14(17)16(2)12-13-11-15-9-10-18-13/h13,15H,3-12H2,1-2H3. The van der Waals surface area contributed by atoms with E-state index in [9.17, 15) is 4.79 Å². The van der Waals surface area contributed by atoms with Gasteiger partial charge in [0.1, 0.15) is 0 Å². The number of hydrogen-bond donors (Lipinski definition) is 1. The van der Waals surface area contributed by atoms with Crippen molar-refractivity contribution in [1.82, 2.24) is 10.2 Å². The lowest BCUT2D eigenvalue weighted by molar-refractivity contribution is -0.132. The first-order chi connectivity index (χ1) is 8.74. The molecule has 0 radical (unpaired) electrons. The highest BCUT2D eigenvalue weighted by molar-refractivity contribution is 5.75. The van der Waals surface area contributed by atoms with Crippen molar-refractivity contribution in [2.75, 3.05) is 33.3 Å². The molecule has 1 atom stereocenters. The largest absolute Gasteiger partial charge is 0.374 e. The van der Waals surface area contributed by atoms with E-state index in [1.54, 1.807) is 0 Å². The van der Waals surface area contributed by atoms with Crippen molar-refractivity contribution >= 4 is 5.91 Å². The van der Waals surface area contributed by atoms with Gasteiger partial charge < -0.3 is 15.0 Å². The molecule has 1 saturated heterocycles. The summed E-state index contributed by atoms with van der Waals surface area (Å²) in [7, 11) is 1.88. The molecule has 0 aromatic rings. The third kappa shape index (κ3) is 6.36. The highest BCUT2D eigenvalue weighted by Crippen LogP contribution is 2.07. The first kappa shape index (κ1) is 15.4. The highest BCUT2D eigenvalue weighted by Gasteiger charge is 2.18. The maximum absolute atomic E-state index is 11.9. The van der Waals surface area contributed by atoms with Crippen molar-refractivity contribution in [3.8, 4) is 0 Å². The first-order valence-electron chi connectivity index (χ1n) is 7.30. The SMILES string of the molecule is CCCCCCCC(=O)N(C)CC1CNCCO1. The van der Waals surface area contributed by atoms with E-state index in [2.05, 4.69) is 12.2 Å². The normalized spacial score (nSPS) is 19.8. The molecule has 1 rings (SSSR count). The molecule has 1 heterocycles. The number of amides is 1. The summed E-state index contributed by atoms with van der Waals surface area (Å²) in [4.78, 5) is 13.7. The fourth-order valence-corrected chi connectivity index (χ4v) is 2.21. The van der Waals surface area contributed by atoms with Gasteiger partial charge in [-0.3, -0.25) is 4.79 Å². The molecule has 0 aromatic heterocycles. The van der Waals surface area contributed by atoms with Crippen LogP contribution in [0.3, 0.4) is 0 Å². The first-order valence-corrected chi connectivity index (χ1v) is 7.30. The summed E-state index contributed by atoms with van der Waals surface area (Å²) in [6.45, 7) is 5.45. The molecule has 1 unspecified atom stereocenters. The molecule has 0 saturated carbocycles. The third-order valence-electron chi connectivity index (χ3n) is 3.40. The summed E-state index contributed by atoms with van der Waals surface area (Å²) in [6.07, 6.45) is 6.82. The fourth-order valence-electron chi connectivity index (χ4n) is 2.21. The summed E-state index contributed by atoms with van der Waals surface area (Å²) < 4.78 is 5.60. The van der Waals surface area contributed by atoms with Gasteiger partial charge >= 0.3 is 0 Å². The third-order valence-corrected chi connectivity index (χ3v) is 3.40. The molecule has 0 spiro atoms. The van der Waals surface area contributed by atoms with Gasteiger partial charge in [0.2, 0.25) is 5.91 Å². The molecular weight excluding hydrogens is 228 g/mol. The molecule has 1 aliphatic heterocycles. The van der Waals surface area contributed by atoms with Crippen LogP contribution in [0.5, 0.6) is 0 Å². The number of nitrogens with zero attached hydrogens (tertiary/aromatic N) is 1. The lowest BCUT2D eigenvalue weighted by atomic mass is 10.1. The van der Waals surface area contributed by atoms with E-state index in [4.69, 9.17) is 4.74 Å². The van der Waals surface area contributed by atoms with Crippen LogP contribution in [0.2, 0.25) is 0 Å². The van der Waals surface area contributed by atoms with E-state index in [0.717, 1.165) is 26.1 Å². The van der Waals surface area contributed by atoms with Crippen LogP contribution < -0.4 is 5.32 Å². The van der Waals surface area contributed by atoms with Gasteiger partial charge in [0.25, 0.3) is 0 Å². The maximum atomic E-state index is 11.9. The Hall–Kier alpha value is -0.610. The number of hydrogen-bond acceptors (Lipinski definition) is 3. The predicted molar refractivity (Wildman–Crippen MR) is 73.6 cm³/mol. The van der Waals surface area contributed by atoms with Crippen LogP contribution in [0.1, 0.15) is 45.4 Å². The molecule has 0 aromatic carbocycles. The average Bonchev–Trinajstić information content (AvgIpc) is 2.39. The Morgan fingerprint density at radius 3 is 2.78 bits per heavy atom. The Morgan fingerprint density at radius 2 is 2.11 bits per heavy atom. The fraction of sp³-hybridized carbons (Fsp3) is 0.929. The average molecular weight is 256 g/mol. The van der Waals surface area contributed by atoms with Crippen molar-refractivity contribution in [3.05, 3.63) is 0 Å². The molecule has 18 heavy (non-hydrogen) atoms. The van der Waals surface area contributed by atoms with Gasteiger partial charge in [0.15, 0.2) is 0 Å². The molecule has 1 amide bonds. The number of rotatable bonds is 8. The molecule has 0 aliphatic carbocycles.